The zero-order valence-electron chi connectivity index (χ0n) is 12.1. The van der Waals surface area contributed by atoms with Gasteiger partial charge in [-0.05, 0) is 12.3 Å². The number of hydrogen-bond acceptors (Lipinski definition) is 5. The largest absolute Gasteiger partial charge is 0.382 e. The molecule has 1 amide bonds. The number of rotatable bonds is 8. The van der Waals surface area contributed by atoms with Gasteiger partial charge in [-0.15, -0.1) is 0 Å². The van der Waals surface area contributed by atoms with Gasteiger partial charge in [-0.25, -0.2) is 4.68 Å². The predicted molar refractivity (Wildman–Crippen MR) is 78.5 cm³/mol. The number of nitrogens with two attached hydrogens (primary N) is 1. The van der Waals surface area contributed by atoms with Crippen molar-refractivity contribution in [1.29, 1.82) is 0 Å². The third-order valence-electron chi connectivity index (χ3n) is 2.68. The van der Waals surface area contributed by atoms with Crippen LogP contribution in [0.5, 0.6) is 0 Å². The quantitative estimate of drug-likeness (QED) is 0.611. The summed E-state index contributed by atoms with van der Waals surface area (Å²) >= 11 is 0. The van der Waals surface area contributed by atoms with E-state index in [0.29, 0.717) is 31.2 Å². The second-order valence-corrected chi connectivity index (χ2v) is 4.99. The lowest BCUT2D eigenvalue weighted by atomic mass is 10.1. The lowest BCUT2D eigenvalue weighted by Gasteiger charge is -2.09. The molecule has 0 aliphatic rings. The van der Waals surface area contributed by atoms with Gasteiger partial charge in [0.1, 0.15) is 6.54 Å². The van der Waals surface area contributed by atoms with Crippen molar-refractivity contribution in [2.24, 2.45) is 11.7 Å². The van der Waals surface area contributed by atoms with Gasteiger partial charge in [-0.3, -0.25) is 9.59 Å². The van der Waals surface area contributed by atoms with Crippen LogP contribution in [0.15, 0.2) is 17.1 Å². The zero-order valence-corrected chi connectivity index (χ0v) is 12.1. The molecule has 1 rings (SSSR count). The van der Waals surface area contributed by atoms with Crippen molar-refractivity contribution in [1.82, 2.24) is 15.1 Å². The topological polar surface area (TPSA) is 102 Å². The first-order chi connectivity index (χ1) is 9.52. The molecule has 112 valence electrons. The van der Waals surface area contributed by atoms with Crippen molar-refractivity contribution in [2.45, 2.75) is 26.8 Å². The van der Waals surface area contributed by atoms with Crippen molar-refractivity contribution < 1.29 is 4.79 Å². The van der Waals surface area contributed by atoms with Crippen molar-refractivity contribution in [2.75, 3.05) is 25.0 Å². The Morgan fingerprint density at radius 3 is 2.80 bits per heavy atom. The molecule has 0 unspecified atom stereocenters. The van der Waals surface area contributed by atoms with Gasteiger partial charge in [0.2, 0.25) is 5.91 Å². The van der Waals surface area contributed by atoms with E-state index in [1.54, 1.807) is 0 Å². The monoisotopic (exact) mass is 281 g/mol. The van der Waals surface area contributed by atoms with E-state index in [9.17, 15) is 9.59 Å². The molecule has 1 aromatic rings. The van der Waals surface area contributed by atoms with Crippen molar-refractivity contribution in [3.63, 3.8) is 0 Å². The highest BCUT2D eigenvalue weighted by atomic mass is 16.2. The Morgan fingerprint density at radius 1 is 1.45 bits per heavy atom. The smallest absolute Gasteiger partial charge is 0.269 e. The average Bonchev–Trinajstić information content (AvgIpc) is 2.38. The van der Waals surface area contributed by atoms with Crippen LogP contribution in [0.25, 0.3) is 0 Å². The molecule has 7 heteroatoms. The Labute approximate surface area is 118 Å². The maximum atomic E-state index is 11.8. The van der Waals surface area contributed by atoms with Crippen LogP contribution in [-0.2, 0) is 11.3 Å². The average molecular weight is 281 g/mol. The summed E-state index contributed by atoms with van der Waals surface area (Å²) < 4.78 is 1.14. The fourth-order valence-corrected chi connectivity index (χ4v) is 1.56. The standard InChI is InChI=1S/C13H23N5O2/c1-10(2)3-5-16-12(19)9-18-13(20)7-11(8-17-18)15-6-4-14/h7-8,10,15H,3-6,9,14H2,1-2H3,(H,16,19). The summed E-state index contributed by atoms with van der Waals surface area (Å²) in [4.78, 5) is 23.4. The van der Waals surface area contributed by atoms with E-state index in [0.717, 1.165) is 11.1 Å². The van der Waals surface area contributed by atoms with Gasteiger partial charge >= 0.3 is 0 Å². The maximum absolute atomic E-state index is 11.8. The molecule has 0 atom stereocenters. The van der Waals surface area contributed by atoms with E-state index in [2.05, 4.69) is 29.6 Å². The first-order valence-electron chi connectivity index (χ1n) is 6.80. The third kappa shape index (κ3) is 5.83. The molecule has 0 saturated heterocycles. The molecule has 4 N–H and O–H groups in total. The molecule has 0 spiro atoms. The summed E-state index contributed by atoms with van der Waals surface area (Å²) in [5.74, 6) is 0.326. The van der Waals surface area contributed by atoms with Crippen LogP contribution in [0, 0.1) is 5.92 Å². The molecule has 7 nitrogen and oxygen atoms in total. The molecular formula is C13H23N5O2. The van der Waals surface area contributed by atoms with Crippen LogP contribution in [0.2, 0.25) is 0 Å². The highest BCUT2D eigenvalue weighted by Crippen LogP contribution is 1.98. The van der Waals surface area contributed by atoms with Crippen LogP contribution in [0.4, 0.5) is 5.69 Å². The third-order valence-corrected chi connectivity index (χ3v) is 2.68. The number of carbonyl (C=O) groups excluding carboxylic acids is 1. The van der Waals surface area contributed by atoms with E-state index in [4.69, 9.17) is 5.73 Å². The molecule has 0 radical (unpaired) electrons. The summed E-state index contributed by atoms with van der Waals surface area (Å²) in [5, 5.41) is 9.68. The Bertz CT molecular complexity index is 484. The van der Waals surface area contributed by atoms with E-state index in [1.165, 1.54) is 12.3 Å². The Morgan fingerprint density at radius 2 is 2.20 bits per heavy atom. The van der Waals surface area contributed by atoms with E-state index in [1.807, 2.05) is 0 Å². The fourth-order valence-electron chi connectivity index (χ4n) is 1.56. The Kier molecular flexibility index (Phi) is 6.72. The molecule has 0 bridgehead atoms. The lowest BCUT2D eigenvalue weighted by molar-refractivity contribution is -0.121. The number of anilines is 1. The Hall–Kier alpha value is -1.89. The normalized spacial score (nSPS) is 10.6. The van der Waals surface area contributed by atoms with Crippen LogP contribution in [0.1, 0.15) is 20.3 Å². The molecule has 0 fully saturated rings. The summed E-state index contributed by atoms with van der Waals surface area (Å²) in [6, 6.07) is 1.41. The summed E-state index contributed by atoms with van der Waals surface area (Å²) in [6.07, 6.45) is 2.43. The summed E-state index contributed by atoms with van der Waals surface area (Å²) in [5.41, 5.74) is 5.65. The number of nitrogens with zero attached hydrogens (tertiary/aromatic N) is 2. The van der Waals surface area contributed by atoms with Gasteiger partial charge in [0, 0.05) is 25.7 Å². The molecule has 20 heavy (non-hydrogen) atoms. The molecule has 0 aliphatic heterocycles. The highest BCUT2D eigenvalue weighted by molar-refractivity contribution is 5.75. The molecule has 1 heterocycles. The van der Waals surface area contributed by atoms with Crippen molar-refractivity contribution in [3.8, 4) is 0 Å². The van der Waals surface area contributed by atoms with E-state index < -0.39 is 0 Å². The van der Waals surface area contributed by atoms with E-state index in [-0.39, 0.29) is 18.0 Å². The van der Waals surface area contributed by atoms with Crippen LogP contribution >= 0.6 is 0 Å². The number of hydrogen-bond donors (Lipinski definition) is 3. The SMILES string of the molecule is CC(C)CCNC(=O)Cn1ncc(NCCN)cc1=O. The van der Waals surface area contributed by atoms with Crippen molar-refractivity contribution >= 4 is 11.6 Å². The van der Waals surface area contributed by atoms with E-state index >= 15 is 0 Å². The summed E-state index contributed by atoms with van der Waals surface area (Å²) in [7, 11) is 0. The number of amides is 1. The number of aromatic nitrogens is 2. The first-order valence-corrected chi connectivity index (χ1v) is 6.80. The van der Waals surface area contributed by atoms with Gasteiger partial charge in [0.05, 0.1) is 11.9 Å². The minimum atomic E-state index is -0.314. The van der Waals surface area contributed by atoms with Crippen LogP contribution in [-0.4, -0.2) is 35.3 Å². The minimum Gasteiger partial charge on any atom is -0.382 e. The second-order valence-electron chi connectivity index (χ2n) is 4.99. The van der Waals surface area contributed by atoms with Gasteiger partial charge in [0.15, 0.2) is 0 Å². The number of nitrogens with one attached hydrogen (secondary N) is 2. The Balaban J connectivity index is 2.51. The zero-order chi connectivity index (χ0) is 15.0. The molecule has 1 aromatic heterocycles. The van der Waals surface area contributed by atoms with Gasteiger partial charge < -0.3 is 16.4 Å². The van der Waals surface area contributed by atoms with Gasteiger partial charge in [-0.1, -0.05) is 13.8 Å². The van der Waals surface area contributed by atoms with Gasteiger partial charge in [-0.2, -0.15) is 5.10 Å². The first kappa shape index (κ1) is 16.2. The highest BCUT2D eigenvalue weighted by Gasteiger charge is 2.06. The van der Waals surface area contributed by atoms with Crippen molar-refractivity contribution in [3.05, 3.63) is 22.6 Å². The maximum Gasteiger partial charge on any atom is 0.269 e. The fraction of sp³-hybridized carbons (Fsp3) is 0.615. The lowest BCUT2D eigenvalue weighted by Crippen LogP contribution is -2.34. The van der Waals surface area contributed by atoms with Crippen LogP contribution in [0.3, 0.4) is 0 Å². The molecular weight excluding hydrogens is 258 g/mol. The summed E-state index contributed by atoms with van der Waals surface area (Å²) in [6.45, 7) is 5.77. The van der Waals surface area contributed by atoms with Gasteiger partial charge in [0.25, 0.3) is 5.56 Å². The molecule has 0 aliphatic carbocycles. The second kappa shape index (κ2) is 8.31. The minimum absolute atomic E-state index is 0.0614. The molecule has 0 aromatic carbocycles. The van der Waals surface area contributed by atoms with Crippen LogP contribution < -0.4 is 21.9 Å². The predicted octanol–water partition coefficient (Wildman–Crippen LogP) is -0.224. The molecule has 0 saturated carbocycles. The number of carbonyl (C=O) groups is 1.